The first-order chi connectivity index (χ1) is 11.2. The molecule has 0 atom stereocenters. The van der Waals surface area contributed by atoms with Crippen LogP contribution >= 0.6 is 11.3 Å². The van der Waals surface area contributed by atoms with E-state index in [-0.39, 0.29) is 23.5 Å². The van der Waals surface area contributed by atoms with Crippen LogP contribution in [0.2, 0.25) is 0 Å². The lowest BCUT2D eigenvalue weighted by Gasteiger charge is -2.33. The summed E-state index contributed by atoms with van der Waals surface area (Å²) in [4.78, 5) is 31.8. The smallest absolute Gasteiger partial charge is 0.293 e. The van der Waals surface area contributed by atoms with Crippen LogP contribution in [0.1, 0.15) is 40.4 Å². The Morgan fingerprint density at radius 3 is 2.96 bits per heavy atom. The van der Waals surface area contributed by atoms with Crippen molar-refractivity contribution in [3.05, 3.63) is 34.7 Å². The van der Waals surface area contributed by atoms with Gasteiger partial charge in [0.1, 0.15) is 0 Å². The van der Waals surface area contributed by atoms with Crippen LogP contribution in [0.15, 0.2) is 22.8 Å². The molecule has 2 amide bonds. The highest BCUT2D eigenvalue weighted by atomic mass is 32.1. The summed E-state index contributed by atoms with van der Waals surface area (Å²) in [5.41, 5.74) is 0.988. The Morgan fingerprint density at radius 1 is 1.39 bits per heavy atom. The molecule has 0 unspecified atom stereocenters. The topological polar surface area (TPSA) is 75.4 Å². The maximum Gasteiger partial charge on any atom is 0.293 e. The number of rotatable bonds is 3. The number of anilines is 1. The first-order valence-corrected chi connectivity index (χ1v) is 8.64. The first kappa shape index (κ1) is 14.4. The molecule has 3 heterocycles. The lowest BCUT2D eigenvalue weighted by molar-refractivity contribution is -0.139. The third-order valence-corrected chi connectivity index (χ3v) is 5.46. The first-order valence-electron chi connectivity index (χ1n) is 7.83. The van der Waals surface area contributed by atoms with Gasteiger partial charge in [-0.25, -0.2) is 4.98 Å². The van der Waals surface area contributed by atoms with Gasteiger partial charge in [-0.1, -0.05) is 17.8 Å². The lowest BCUT2D eigenvalue weighted by atomic mass is 9.84. The van der Waals surface area contributed by atoms with Crippen molar-refractivity contribution in [1.29, 1.82) is 0 Å². The SMILES string of the molecule is O=C(Nc1nc2c(s1)CN(C(=O)C1CCC1)CC2)c1ccco1. The monoisotopic (exact) mass is 331 g/mol. The van der Waals surface area contributed by atoms with Crippen LogP contribution < -0.4 is 5.32 Å². The Morgan fingerprint density at radius 2 is 2.26 bits per heavy atom. The second kappa shape index (κ2) is 5.81. The van der Waals surface area contributed by atoms with Gasteiger partial charge in [0.15, 0.2) is 10.9 Å². The fourth-order valence-electron chi connectivity index (χ4n) is 2.92. The Bertz CT molecular complexity index is 734. The summed E-state index contributed by atoms with van der Waals surface area (Å²) in [7, 11) is 0. The maximum atomic E-state index is 12.4. The second-order valence-electron chi connectivity index (χ2n) is 5.96. The van der Waals surface area contributed by atoms with Crippen molar-refractivity contribution in [2.45, 2.75) is 32.2 Å². The Hall–Kier alpha value is -2.15. The fourth-order valence-corrected chi connectivity index (χ4v) is 3.94. The normalized spacial score (nSPS) is 17.5. The van der Waals surface area contributed by atoms with E-state index in [0.717, 1.165) is 36.4 Å². The number of amides is 2. The highest BCUT2D eigenvalue weighted by molar-refractivity contribution is 7.15. The van der Waals surface area contributed by atoms with Crippen molar-refractivity contribution in [3.63, 3.8) is 0 Å². The third kappa shape index (κ3) is 2.76. The molecule has 0 saturated heterocycles. The number of aromatic nitrogens is 1. The molecule has 2 aromatic rings. The van der Waals surface area contributed by atoms with Gasteiger partial charge >= 0.3 is 0 Å². The van der Waals surface area contributed by atoms with Crippen LogP contribution in [0.5, 0.6) is 0 Å². The number of hydrogen-bond acceptors (Lipinski definition) is 5. The zero-order valence-electron chi connectivity index (χ0n) is 12.6. The Labute approximate surface area is 137 Å². The molecule has 2 aliphatic rings. The van der Waals surface area contributed by atoms with Crippen molar-refractivity contribution in [2.75, 3.05) is 11.9 Å². The predicted octanol–water partition coefficient (Wildman–Crippen LogP) is 2.67. The minimum atomic E-state index is -0.302. The number of hydrogen-bond donors (Lipinski definition) is 1. The molecule has 1 N–H and O–H groups in total. The lowest BCUT2D eigenvalue weighted by Crippen LogP contribution is -2.41. The van der Waals surface area contributed by atoms with E-state index in [9.17, 15) is 9.59 Å². The number of nitrogens with zero attached hydrogens (tertiary/aromatic N) is 2. The second-order valence-corrected chi connectivity index (χ2v) is 7.04. The van der Waals surface area contributed by atoms with Crippen molar-refractivity contribution < 1.29 is 14.0 Å². The minimum Gasteiger partial charge on any atom is -0.459 e. The molecule has 2 aromatic heterocycles. The summed E-state index contributed by atoms with van der Waals surface area (Å²) in [5, 5.41) is 3.33. The summed E-state index contributed by atoms with van der Waals surface area (Å²) in [6.07, 6.45) is 5.43. The van der Waals surface area contributed by atoms with Crippen LogP contribution in [0, 0.1) is 5.92 Å². The van der Waals surface area contributed by atoms with Gasteiger partial charge in [0.25, 0.3) is 5.91 Å². The number of nitrogens with one attached hydrogen (secondary N) is 1. The molecule has 0 spiro atoms. The molecule has 0 aromatic carbocycles. The van der Waals surface area contributed by atoms with E-state index in [1.54, 1.807) is 12.1 Å². The molecule has 120 valence electrons. The number of fused-ring (bicyclic) bond motifs is 1. The molecule has 6 nitrogen and oxygen atoms in total. The fraction of sp³-hybridized carbons (Fsp3) is 0.438. The zero-order chi connectivity index (χ0) is 15.8. The van der Waals surface area contributed by atoms with E-state index in [1.165, 1.54) is 24.0 Å². The van der Waals surface area contributed by atoms with Gasteiger partial charge in [-0.15, -0.1) is 0 Å². The Balaban J connectivity index is 1.44. The molecule has 23 heavy (non-hydrogen) atoms. The van der Waals surface area contributed by atoms with E-state index < -0.39 is 0 Å². The molecule has 1 aliphatic heterocycles. The number of carbonyl (C=O) groups is 2. The van der Waals surface area contributed by atoms with E-state index in [2.05, 4.69) is 10.3 Å². The van der Waals surface area contributed by atoms with Crippen LogP contribution in [-0.4, -0.2) is 28.2 Å². The van der Waals surface area contributed by atoms with E-state index in [4.69, 9.17) is 4.42 Å². The van der Waals surface area contributed by atoms with Crippen molar-refractivity contribution >= 4 is 28.3 Å². The van der Waals surface area contributed by atoms with Crippen LogP contribution in [0.3, 0.4) is 0 Å². The van der Waals surface area contributed by atoms with E-state index in [1.807, 2.05) is 4.90 Å². The van der Waals surface area contributed by atoms with Gasteiger partial charge in [0.2, 0.25) is 5.91 Å². The van der Waals surface area contributed by atoms with Gasteiger partial charge in [-0.3, -0.25) is 14.9 Å². The summed E-state index contributed by atoms with van der Waals surface area (Å²) < 4.78 is 5.08. The number of carbonyl (C=O) groups excluding carboxylic acids is 2. The maximum absolute atomic E-state index is 12.4. The molecule has 0 radical (unpaired) electrons. The third-order valence-electron chi connectivity index (χ3n) is 4.46. The standard InChI is InChI=1S/C16H17N3O3S/c20-14(12-5-2-8-22-12)18-16-17-11-6-7-19(9-13(11)23-16)15(21)10-3-1-4-10/h2,5,8,10H,1,3-4,6-7,9H2,(H,17,18,20). The molecular weight excluding hydrogens is 314 g/mol. The molecule has 1 aliphatic carbocycles. The zero-order valence-corrected chi connectivity index (χ0v) is 13.4. The van der Waals surface area contributed by atoms with Gasteiger partial charge in [0, 0.05) is 23.8 Å². The molecule has 7 heteroatoms. The van der Waals surface area contributed by atoms with Gasteiger partial charge < -0.3 is 9.32 Å². The molecule has 0 bridgehead atoms. The van der Waals surface area contributed by atoms with Gasteiger partial charge in [0.05, 0.1) is 18.5 Å². The van der Waals surface area contributed by atoms with E-state index in [0.29, 0.717) is 11.7 Å². The highest BCUT2D eigenvalue weighted by Crippen LogP contribution is 2.33. The number of thiazole rings is 1. The van der Waals surface area contributed by atoms with Gasteiger partial charge in [-0.05, 0) is 25.0 Å². The highest BCUT2D eigenvalue weighted by Gasteiger charge is 2.32. The summed E-state index contributed by atoms with van der Waals surface area (Å²) >= 11 is 1.44. The average molecular weight is 331 g/mol. The molecule has 1 saturated carbocycles. The van der Waals surface area contributed by atoms with Crippen LogP contribution in [0.4, 0.5) is 5.13 Å². The summed E-state index contributed by atoms with van der Waals surface area (Å²) in [6, 6.07) is 3.29. The summed E-state index contributed by atoms with van der Waals surface area (Å²) in [5.74, 6) is 0.461. The van der Waals surface area contributed by atoms with Gasteiger partial charge in [-0.2, -0.15) is 0 Å². The quantitative estimate of drug-likeness (QED) is 0.938. The molecular formula is C16H17N3O3S. The predicted molar refractivity (Wildman–Crippen MR) is 85.2 cm³/mol. The molecule has 4 rings (SSSR count). The van der Waals surface area contributed by atoms with E-state index >= 15 is 0 Å². The summed E-state index contributed by atoms with van der Waals surface area (Å²) in [6.45, 7) is 1.33. The molecule has 1 fully saturated rings. The van der Waals surface area contributed by atoms with Crippen LogP contribution in [-0.2, 0) is 17.8 Å². The average Bonchev–Trinajstić information content (AvgIpc) is 3.13. The minimum absolute atomic E-state index is 0.225. The Kier molecular flexibility index (Phi) is 3.65. The van der Waals surface area contributed by atoms with Crippen LogP contribution in [0.25, 0.3) is 0 Å². The largest absolute Gasteiger partial charge is 0.459 e. The number of furan rings is 1. The van der Waals surface area contributed by atoms with Crippen molar-refractivity contribution in [3.8, 4) is 0 Å². The van der Waals surface area contributed by atoms with Crippen molar-refractivity contribution in [1.82, 2.24) is 9.88 Å². The van der Waals surface area contributed by atoms with Crippen molar-refractivity contribution in [2.24, 2.45) is 5.92 Å².